The Morgan fingerprint density at radius 1 is 1.05 bits per heavy atom. The number of H-pyrrole nitrogens is 1. The van der Waals surface area contributed by atoms with Crippen LogP contribution in [0, 0.1) is 5.92 Å². The van der Waals surface area contributed by atoms with Crippen LogP contribution in [-0.2, 0) is 12.8 Å². The average Bonchev–Trinajstić information content (AvgIpc) is 3.31. The fraction of sp³-hybridized carbons (Fsp3) is 0.438. The van der Waals surface area contributed by atoms with E-state index in [1.165, 1.54) is 16.0 Å². The van der Waals surface area contributed by atoms with Gasteiger partial charge in [0.2, 0.25) is 0 Å². The zero-order valence-electron chi connectivity index (χ0n) is 23.3. The van der Waals surface area contributed by atoms with E-state index in [4.69, 9.17) is 19.2 Å². The second-order valence-electron chi connectivity index (χ2n) is 10.4. The van der Waals surface area contributed by atoms with Gasteiger partial charge in [0, 0.05) is 16.9 Å². The summed E-state index contributed by atoms with van der Waals surface area (Å²) in [6.45, 7) is 10.2. The largest absolute Gasteiger partial charge is 0.493 e. The summed E-state index contributed by atoms with van der Waals surface area (Å²) in [4.78, 5) is 23.1. The third-order valence-electron chi connectivity index (χ3n) is 7.55. The number of ether oxygens (including phenoxy) is 3. The molecule has 1 N–H and O–H groups in total. The molecule has 1 aliphatic rings. The molecule has 7 heteroatoms. The molecular weight excluding hydrogens is 508 g/mol. The lowest BCUT2D eigenvalue weighted by Crippen LogP contribution is -2.13. The molecule has 6 nitrogen and oxygen atoms in total. The minimum absolute atomic E-state index is 0.0600. The predicted molar refractivity (Wildman–Crippen MR) is 159 cm³/mol. The quantitative estimate of drug-likeness (QED) is 0.197. The maximum atomic E-state index is 13.1. The lowest BCUT2D eigenvalue weighted by atomic mass is 9.89. The van der Waals surface area contributed by atoms with E-state index in [2.05, 4.69) is 37.9 Å². The van der Waals surface area contributed by atoms with Crippen LogP contribution >= 0.6 is 11.3 Å². The van der Waals surface area contributed by atoms with Crippen LogP contribution in [0.4, 0.5) is 0 Å². The van der Waals surface area contributed by atoms with Crippen molar-refractivity contribution < 1.29 is 14.2 Å². The zero-order chi connectivity index (χ0) is 27.4. The lowest BCUT2D eigenvalue weighted by molar-refractivity contribution is 0.234. The number of rotatable bonds is 11. The predicted octanol–water partition coefficient (Wildman–Crippen LogP) is 7.54. The summed E-state index contributed by atoms with van der Waals surface area (Å²) in [5, 5.41) is 0.768. The number of hydrogen-bond donors (Lipinski definition) is 1. The van der Waals surface area contributed by atoms with E-state index < -0.39 is 0 Å². The fourth-order valence-corrected chi connectivity index (χ4v) is 6.57. The van der Waals surface area contributed by atoms with Gasteiger partial charge < -0.3 is 19.2 Å². The van der Waals surface area contributed by atoms with E-state index in [1.54, 1.807) is 11.3 Å². The topological polar surface area (TPSA) is 73.4 Å². The number of para-hydroxylation sites is 1. The molecule has 2 atom stereocenters. The van der Waals surface area contributed by atoms with E-state index >= 15 is 0 Å². The summed E-state index contributed by atoms with van der Waals surface area (Å²) < 4.78 is 18.1. The van der Waals surface area contributed by atoms with Crippen molar-refractivity contribution in [1.82, 2.24) is 9.97 Å². The maximum absolute atomic E-state index is 13.1. The molecule has 0 fully saturated rings. The number of aryl methyl sites for hydroxylation is 1. The van der Waals surface area contributed by atoms with Crippen molar-refractivity contribution in [3.63, 3.8) is 0 Å². The molecule has 0 spiro atoms. The Hall–Kier alpha value is -3.32. The Morgan fingerprint density at radius 3 is 2.64 bits per heavy atom. The monoisotopic (exact) mass is 546 g/mol. The highest BCUT2D eigenvalue weighted by molar-refractivity contribution is 7.18. The van der Waals surface area contributed by atoms with Gasteiger partial charge in [-0.3, -0.25) is 4.79 Å². The first-order chi connectivity index (χ1) is 19.0. The minimum Gasteiger partial charge on any atom is -0.493 e. The molecule has 1 aliphatic carbocycles. The van der Waals surface area contributed by atoms with Gasteiger partial charge >= 0.3 is 0 Å². The average molecular weight is 547 g/mol. The Morgan fingerprint density at radius 2 is 1.85 bits per heavy atom. The van der Waals surface area contributed by atoms with E-state index in [9.17, 15) is 4.79 Å². The van der Waals surface area contributed by atoms with Gasteiger partial charge in [0.15, 0.2) is 11.5 Å². The van der Waals surface area contributed by atoms with Crippen LogP contribution in [0.25, 0.3) is 21.6 Å². The van der Waals surface area contributed by atoms with Crippen LogP contribution in [0.5, 0.6) is 17.2 Å². The second-order valence-corrected chi connectivity index (χ2v) is 11.5. The zero-order valence-corrected chi connectivity index (χ0v) is 24.2. The van der Waals surface area contributed by atoms with Gasteiger partial charge in [-0.15, -0.1) is 11.3 Å². The molecule has 4 aromatic rings. The number of aromatic nitrogens is 2. The summed E-state index contributed by atoms with van der Waals surface area (Å²) in [7, 11) is 0. The fourth-order valence-electron chi connectivity index (χ4n) is 5.19. The first-order valence-corrected chi connectivity index (χ1v) is 15.0. The highest BCUT2D eigenvalue weighted by Gasteiger charge is 2.23. The highest BCUT2D eigenvalue weighted by atomic mass is 32.1. The molecule has 2 aromatic heterocycles. The molecule has 0 saturated heterocycles. The Balaban J connectivity index is 1.27. The van der Waals surface area contributed by atoms with Crippen molar-refractivity contribution in [2.24, 2.45) is 5.92 Å². The first-order valence-electron chi connectivity index (χ1n) is 14.1. The van der Waals surface area contributed by atoms with E-state index in [0.29, 0.717) is 49.0 Å². The van der Waals surface area contributed by atoms with E-state index in [-0.39, 0.29) is 5.56 Å². The molecule has 206 valence electrons. The van der Waals surface area contributed by atoms with Crippen molar-refractivity contribution in [2.75, 3.05) is 19.8 Å². The minimum atomic E-state index is -0.0600. The van der Waals surface area contributed by atoms with Crippen molar-refractivity contribution in [2.45, 2.75) is 65.7 Å². The lowest BCUT2D eigenvalue weighted by Gasteiger charge is -2.17. The molecule has 0 bridgehead atoms. The van der Waals surface area contributed by atoms with Crippen molar-refractivity contribution in [3.8, 4) is 28.6 Å². The van der Waals surface area contributed by atoms with Gasteiger partial charge in [0.05, 0.1) is 25.2 Å². The number of aromatic amines is 1. The van der Waals surface area contributed by atoms with Crippen LogP contribution in [0.15, 0.2) is 47.3 Å². The maximum Gasteiger partial charge on any atom is 0.260 e. The summed E-state index contributed by atoms with van der Waals surface area (Å²) in [5.41, 5.74) is 3.18. The van der Waals surface area contributed by atoms with Gasteiger partial charge in [-0.25, -0.2) is 4.98 Å². The van der Waals surface area contributed by atoms with Gasteiger partial charge in [-0.05, 0) is 79.8 Å². The third kappa shape index (κ3) is 5.98. The molecule has 2 heterocycles. The van der Waals surface area contributed by atoms with Gasteiger partial charge in [0.1, 0.15) is 16.4 Å². The van der Waals surface area contributed by atoms with Crippen LogP contribution in [0.3, 0.4) is 0 Å². The van der Waals surface area contributed by atoms with Crippen LogP contribution in [0.2, 0.25) is 0 Å². The smallest absolute Gasteiger partial charge is 0.260 e. The van der Waals surface area contributed by atoms with Crippen LogP contribution in [-0.4, -0.2) is 29.8 Å². The van der Waals surface area contributed by atoms with E-state index in [1.807, 2.05) is 37.3 Å². The normalized spacial score (nSPS) is 15.6. The van der Waals surface area contributed by atoms with Crippen molar-refractivity contribution >= 4 is 21.6 Å². The van der Waals surface area contributed by atoms with Gasteiger partial charge in [-0.2, -0.15) is 0 Å². The third-order valence-corrected chi connectivity index (χ3v) is 8.70. The Bertz CT molecular complexity index is 1490. The summed E-state index contributed by atoms with van der Waals surface area (Å²) in [5.74, 6) is 3.93. The number of thiophene rings is 1. The SMILES string of the molecule is CCOc1cc(-c2nc3sc4c(c3c(=O)[nH]2)CCC(C)C4)ccc1OCCCOc1ccccc1C(C)CC. The van der Waals surface area contributed by atoms with Crippen molar-refractivity contribution in [3.05, 3.63) is 68.8 Å². The Labute approximate surface area is 234 Å². The van der Waals surface area contributed by atoms with Gasteiger partial charge in [-0.1, -0.05) is 39.0 Å². The highest BCUT2D eigenvalue weighted by Crippen LogP contribution is 2.37. The van der Waals surface area contributed by atoms with Gasteiger partial charge in [0.25, 0.3) is 5.56 Å². The summed E-state index contributed by atoms with van der Waals surface area (Å²) in [6.07, 6.45) is 4.93. The molecule has 2 aromatic carbocycles. The molecule has 0 amide bonds. The summed E-state index contributed by atoms with van der Waals surface area (Å²) >= 11 is 1.66. The number of fused-ring (bicyclic) bond motifs is 3. The second kappa shape index (κ2) is 12.2. The summed E-state index contributed by atoms with van der Waals surface area (Å²) in [6, 6.07) is 14.0. The molecule has 39 heavy (non-hydrogen) atoms. The molecule has 0 aliphatic heterocycles. The number of nitrogens with one attached hydrogen (secondary N) is 1. The van der Waals surface area contributed by atoms with Crippen LogP contribution < -0.4 is 19.8 Å². The Kier molecular flexibility index (Phi) is 8.56. The molecular formula is C32H38N2O4S. The number of hydrogen-bond acceptors (Lipinski definition) is 6. The van der Waals surface area contributed by atoms with Crippen LogP contribution in [0.1, 0.15) is 68.9 Å². The number of benzene rings is 2. The molecule has 0 saturated carbocycles. The first kappa shape index (κ1) is 27.3. The molecule has 0 radical (unpaired) electrons. The van der Waals surface area contributed by atoms with Crippen molar-refractivity contribution in [1.29, 1.82) is 0 Å². The van der Waals surface area contributed by atoms with E-state index in [0.717, 1.165) is 53.6 Å². The molecule has 5 rings (SSSR count). The standard InChI is InChI=1S/C32H38N2O4S/c1-5-21(4)23-10-7-8-11-25(23)37-16-9-17-38-26-15-13-22(19-27(26)36-6-2)30-33-31(35)29-24-14-12-20(3)18-28(24)39-32(29)34-30/h7-8,10-11,13,15,19-21H,5-6,9,12,14,16-18H2,1-4H3,(H,33,34,35). The number of nitrogens with zero attached hydrogens (tertiary/aromatic N) is 1. The molecule has 2 unspecified atom stereocenters.